The summed E-state index contributed by atoms with van der Waals surface area (Å²) in [5.74, 6) is 0. The van der Waals surface area contributed by atoms with Crippen LogP contribution in [0.1, 0.15) is 16.7 Å². The third kappa shape index (κ3) is 4.10. The zero-order chi connectivity index (χ0) is 33.9. The smallest absolute Gasteiger partial charge is 0.197 e. The number of nitriles is 1. The summed E-state index contributed by atoms with van der Waals surface area (Å²) in [7, 11) is 0. The fourth-order valence-corrected chi connectivity index (χ4v) is 7.94. The largest absolute Gasteiger partial charge is 0.309 e. The summed E-state index contributed by atoms with van der Waals surface area (Å²) in [5.41, 5.74) is 13.1. The highest BCUT2D eigenvalue weighted by molar-refractivity contribution is 6.34. The van der Waals surface area contributed by atoms with E-state index in [0.29, 0.717) is 11.3 Å². The van der Waals surface area contributed by atoms with E-state index in [-0.39, 0.29) is 0 Å². The lowest BCUT2D eigenvalue weighted by atomic mass is 9.86. The van der Waals surface area contributed by atoms with Gasteiger partial charge in [-0.3, -0.25) is 0 Å². The molecule has 0 saturated heterocycles. The van der Waals surface area contributed by atoms with Crippen LogP contribution in [0.2, 0.25) is 0 Å². The molecule has 9 rings (SSSR count). The van der Waals surface area contributed by atoms with Crippen LogP contribution in [0.3, 0.4) is 0 Å². The summed E-state index contributed by atoms with van der Waals surface area (Å²) in [4.78, 5) is 4.17. The fourth-order valence-electron chi connectivity index (χ4n) is 7.94. The van der Waals surface area contributed by atoms with Crippen molar-refractivity contribution >= 4 is 49.3 Å². The Hall–Kier alpha value is -6.88. The highest BCUT2D eigenvalue weighted by Gasteiger charge is 2.30. The lowest BCUT2D eigenvalue weighted by molar-refractivity contribution is 1.17. The van der Waals surface area contributed by atoms with Crippen molar-refractivity contribution in [1.82, 2.24) is 9.13 Å². The Balaban J connectivity index is 1.72. The molecule has 2 heterocycles. The quantitative estimate of drug-likeness (QED) is 0.177. The number of aryl methyl sites for hydroxylation is 2. The van der Waals surface area contributed by atoms with Crippen molar-refractivity contribution in [2.45, 2.75) is 13.8 Å². The molecule has 0 unspecified atom stereocenters. The van der Waals surface area contributed by atoms with Gasteiger partial charge in [0.2, 0.25) is 0 Å². The number of aromatic nitrogens is 2. The maximum Gasteiger partial charge on any atom is 0.197 e. The molecule has 0 amide bonds. The standard InChI is InChI=1S/C46H30N4/c1-29-16-14-24-33(37(29)28-47)40-41-34-22-10-12-26-38(34)50(32-20-8-5-9-21-32)46(41)43(36-25-15-17-30(2)44(36)48-3)42-35-23-11-13-27-39(35)49(45(40)42)31-18-6-4-7-19-31/h4-27H,1-2H3. The van der Waals surface area contributed by atoms with Crippen LogP contribution in [0.5, 0.6) is 0 Å². The van der Waals surface area contributed by atoms with Gasteiger partial charge in [0.05, 0.1) is 34.2 Å². The highest BCUT2D eigenvalue weighted by atomic mass is 15.0. The molecular weight excluding hydrogens is 609 g/mol. The van der Waals surface area contributed by atoms with Gasteiger partial charge in [-0.2, -0.15) is 5.26 Å². The second-order valence-corrected chi connectivity index (χ2v) is 12.8. The Labute approximate surface area is 290 Å². The molecule has 0 bridgehead atoms. The van der Waals surface area contributed by atoms with Crippen molar-refractivity contribution in [3.63, 3.8) is 0 Å². The second-order valence-electron chi connectivity index (χ2n) is 12.8. The molecule has 4 nitrogen and oxygen atoms in total. The third-order valence-electron chi connectivity index (χ3n) is 10.0. The first-order valence-corrected chi connectivity index (χ1v) is 16.7. The van der Waals surface area contributed by atoms with Crippen LogP contribution >= 0.6 is 0 Å². The van der Waals surface area contributed by atoms with E-state index in [1.165, 1.54) is 0 Å². The maximum absolute atomic E-state index is 10.8. The van der Waals surface area contributed by atoms with Crippen LogP contribution in [0.4, 0.5) is 5.69 Å². The van der Waals surface area contributed by atoms with Gasteiger partial charge >= 0.3 is 0 Å². The summed E-state index contributed by atoms with van der Waals surface area (Å²) in [6, 6.07) is 53.0. The van der Waals surface area contributed by atoms with Crippen LogP contribution in [0.25, 0.3) is 82.1 Å². The van der Waals surface area contributed by atoms with Crippen LogP contribution in [-0.2, 0) is 0 Å². The molecule has 0 atom stereocenters. The highest BCUT2D eigenvalue weighted by Crippen LogP contribution is 2.53. The normalized spacial score (nSPS) is 11.4. The molecule has 50 heavy (non-hydrogen) atoms. The number of hydrogen-bond donors (Lipinski definition) is 0. The molecule has 0 spiro atoms. The predicted octanol–water partition coefficient (Wildman–Crippen LogP) is 12.3. The van der Waals surface area contributed by atoms with Gasteiger partial charge in [0.25, 0.3) is 0 Å². The Morgan fingerprint density at radius 1 is 0.520 bits per heavy atom. The zero-order valence-corrected chi connectivity index (χ0v) is 27.6. The number of rotatable bonds is 4. The minimum Gasteiger partial charge on any atom is -0.309 e. The van der Waals surface area contributed by atoms with Gasteiger partial charge in [0.1, 0.15) is 6.07 Å². The van der Waals surface area contributed by atoms with Gasteiger partial charge in [-0.15, -0.1) is 0 Å². The monoisotopic (exact) mass is 638 g/mol. The Kier molecular flexibility index (Phi) is 6.66. The van der Waals surface area contributed by atoms with E-state index in [2.05, 4.69) is 141 Å². The maximum atomic E-state index is 10.8. The summed E-state index contributed by atoms with van der Waals surface area (Å²) >= 11 is 0. The molecule has 0 radical (unpaired) electrons. The molecule has 0 aliphatic heterocycles. The van der Waals surface area contributed by atoms with E-state index >= 15 is 0 Å². The first-order valence-electron chi connectivity index (χ1n) is 16.7. The third-order valence-corrected chi connectivity index (χ3v) is 10.0. The van der Waals surface area contributed by atoms with Crippen LogP contribution in [0, 0.1) is 31.8 Å². The minimum absolute atomic E-state index is 0.637. The van der Waals surface area contributed by atoms with E-state index in [9.17, 15) is 5.26 Å². The number of benzene rings is 7. The lowest BCUT2D eigenvalue weighted by Gasteiger charge is -2.20. The van der Waals surface area contributed by atoms with Gasteiger partial charge in [0.15, 0.2) is 5.69 Å². The molecule has 2 aromatic heterocycles. The average Bonchev–Trinajstić information content (AvgIpc) is 3.68. The molecular formula is C46H30N4. The Morgan fingerprint density at radius 2 is 0.980 bits per heavy atom. The van der Waals surface area contributed by atoms with Gasteiger partial charge < -0.3 is 9.13 Å². The summed E-state index contributed by atoms with van der Waals surface area (Å²) in [6.45, 7) is 12.5. The molecule has 0 saturated carbocycles. The fraction of sp³-hybridized carbons (Fsp3) is 0.0435. The summed E-state index contributed by atoms with van der Waals surface area (Å²) < 4.78 is 4.71. The van der Waals surface area contributed by atoms with Crippen molar-refractivity contribution in [1.29, 1.82) is 5.26 Å². The van der Waals surface area contributed by atoms with Gasteiger partial charge in [-0.25, -0.2) is 4.85 Å². The van der Waals surface area contributed by atoms with Crippen LogP contribution in [0.15, 0.2) is 146 Å². The first-order chi connectivity index (χ1) is 24.6. The van der Waals surface area contributed by atoms with Crippen molar-refractivity contribution in [2.24, 2.45) is 0 Å². The molecule has 0 fully saturated rings. The minimum atomic E-state index is 0.637. The summed E-state index contributed by atoms with van der Waals surface area (Å²) in [6.07, 6.45) is 0. The van der Waals surface area contributed by atoms with Crippen molar-refractivity contribution in [3.8, 4) is 39.7 Å². The van der Waals surface area contributed by atoms with E-state index < -0.39 is 0 Å². The topological polar surface area (TPSA) is 38.0 Å². The molecule has 0 N–H and O–H groups in total. The van der Waals surface area contributed by atoms with Crippen LogP contribution in [-0.4, -0.2) is 9.13 Å². The molecule has 9 aromatic rings. The molecule has 0 aliphatic carbocycles. The molecule has 0 aliphatic rings. The number of nitrogens with zero attached hydrogens (tertiary/aromatic N) is 4. The second kappa shape index (κ2) is 11.4. The Bertz CT molecular complexity index is 2690. The predicted molar refractivity (Wildman–Crippen MR) is 206 cm³/mol. The molecule has 234 valence electrons. The van der Waals surface area contributed by atoms with E-state index in [0.717, 1.165) is 88.4 Å². The van der Waals surface area contributed by atoms with Gasteiger partial charge in [-0.05, 0) is 66.9 Å². The van der Waals surface area contributed by atoms with E-state index in [1.807, 2.05) is 38.1 Å². The van der Waals surface area contributed by atoms with Crippen molar-refractivity contribution in [3.05, 3.63) is 174 Å². The average molecular weight is 639 g/mol. The molecule has 4 heteroatoms. The van der Waals surface area contributed by atoms with Crippen molar-refractivity contribution in [2.75, 3.05) is 0 Å². The van der Waals surface area contributed by atoms with Crippen molar-refractivity contribution < 1.29 is 0 Å². The van der Waals surface area contributed by atoms with Gasteiger partial charge in [-0.1, -0.05) is 109 Å². The van der Waals surface area contributed by atoms with E-state index in [1.54, 1.807) is 0 Å². The summed E-state index contributed by atoms with van der Waals surface area (Å²) in [5, 5.41) is 15.0. The Morgan fingerprint density at radius 3 is 1.50 bits per heavy atom. The number of fused-ring (bicyclic) bond motifs is 6. The number of hydrogen-bond acceptors (Lipinski definition) is 1. The van der Waals surface area contributed by atoms with E-state index in [4.69, 9.17) is 6.57 Å². The van der Waals surface area contributed by atoms with Gasteiger partial charge in [0, 0.05) is 49.6 Å². The zero-order valence-electron chi connectivity index (χ0n) is 27.6. The molecule has 7 aromatic carbocycles. The number of para-hydroxylation sites is 5. The van der Waals surface area contributed by atoms with Crippen LogP contribution < -0.4 is 0 Å². The SMILES string of the molecule is [C-]#[N+]c1c(C)cccc1-c1c2c3ccccc3n(-c3ccccc3)c2c(-c2cccc(C)c2C#N)c2c3ccccc3n(-c3ccccc3)c12. The first kappa shape index (κ1) is 29.3. The lowest BCUT2D eigenvalue weighted by Crippen LogP contribution is -2.00.